The zero-order chi connectivity index (χ0) is 10.7. The van der Waals surface area contributed by atoms with Gasteiger partial charge in [0.1, 0.15) is 0 Å². The second-order valence-corrected chi connectivity index (χ2v) is 5.39. The van der Waals surface area contributed by atoms with Crippen LogP contribution in [-0.2, 0) is 6.54 Å². The Kier molecular flexibility index (Phi) is 3.64. The van der Waals surface area contributed by atoms with Crippen LogP contribution in [0.2, 0.25) is 0 Å². The van der Waals surface area contributed by atoms with E-state index in [1.807, 2.05) is 11.8 Å². The van der Waals surface area contributed by atoms with Crippen LogP contribution in [0, 0.1) is 0 Å². The molecule has 1 N–H and O–H groups in total. The van der Waals surface area contributed by atoms with Crippen LogP contribution < -0.4 is 5.32 Å². The quantitative estimate of drug-likeness (QED) is 0.854. The largest absolute Gasteiger partial charge is 0.338 e. The van der Waals surface area contributed by atoms with E-state index < -0.39 is 0 Å². The smallest absolute Gasteiger partial charge is 0.240 e. The third-order valence-corrected chi connectivity index (χ3v) is 3.74. The van der Waals surface area contributed by atoms with E-state index in [2.05, 4.69) is 29.3 Å². The van der Waals surface area contributed by atoms with Gasteiger partial charge in [-0.05, 0) is 18.6 Å². The van der Waals surface area contributed by atoms with Gasteiger partial charge in [-0.3, -0.25) is 0 Å². The van der Waals surface area contributed by atoms with Gasteiger partial charge < -0.3 is 9.84 Å². The fourth-order valence-corrected chi connectivity index (χ4v) is 2.74. The van der Waals surface area contributed by atoms with E-state index in [9.17, 15) is 0 Å². The van der Waals surface area contributed by atoms with Crippen LogP contribution in [-0.4, -0.2) is 21.9 Å². The Balaban J connectivity index is 1.91. The number of hydrogen-bond acceptors (Lipinski definition) is 5. The van der Waals surface area contributed by atoms with Crippen molar-refractivity contribution in [2.45, 2.75) is 44.5 Å². The molecule has 4 nitrogen and oxygen atoms in total. The van der Waals surface area contributed by atoms with Crippen molar-refractivity contribution in [3.8, 4) is 0 Å². The molecule has 2 rings (SSSR count). The number of aromatic nitrogens is 2. The summed E-state index contributed by atoms with van der Waals surface area (Å²) in [7, 11) is 0. The lowest BCUT2D eigenvalue weighted by Crippen LogP contribution is -2.21. The second kappa shape index (κ2) is 4.99. The highest BCUT2D eigenvalue weighted by atomic mass is 32.2. The molecule has 0 aliphatic carbocycles. The third-order valence-electron chi connectivity index (χ3n) is 2.36. The summed E-state index contributed by atoms with van der Waals surface area (Å²) in [4.78, 5) is 4.40. The SMILES string of the molecule is CC(C)NCc1nc(C2CCCS2)no1. The Labute approximate surface area is 94.2 Å². The van der Waals surface area contributed by atoms with Crippen LogP contribution in [0.5, 0.6) is 0 Å². The van der Waals surface area contributed by atoms with Gasteiger partial charge in [-0.2, -0.15) is 16.7 Å². The fraction of sp³-hybridized carbons (Fsp3) is 0.800. The van der Waals surface area contributed by atoms with Crippen LogP contribution in [0.15, 0.2) is 4.52 Å². The number of nitrogens with one attached hydrogen (secondary N) is 1. The minimum absolute atomic E-state index is 0.446. The zero-order valence-electron chi connectivity index (χ0n) is 9.19. The maximum absolute atomic E-state index is 5.19. The average Bonchev–Trinajstić information content (AvgIpc) is 2.85. The van der Waals surface area contributed by atoms with Gasteiger partial charge in [-0.1, -0.05) is 19.0 Å². The summed E-state index contributed by atoms with van der Waals surface area (Å²) in [6, 6.07) is 0.446. The van der Waals surface area contributed by atoms with E-state index in [1.165, 1.54) is 18.6 Å². The molecule has 84 valence electrons. The molecule has 0 aromatic carbocycles. The molecule has 1 atom stereocenters. The molecule has 5 heteroatoms. The standard InChI is InChI=1S/C10H17N3OS/c1-7(2)11-6-9-12-10(13-14-9)8-4-3-5-15-8/h7-8,11H,3-6H2,1-2H3. The van der Waals surface area contributed by atoms with Gasteiger partial charge in [-0.25, -0.2) is 0 Å². The van der Waals surface area contributed by atoms with Crippen molar-refractivity contribution >= 4 is 11.8 Å². The molecular formula is C10H17N3OS. The van der Waals surface area contributed by atoms with Crippen molar-refractivity contribution in [3.63, 3.8) is 0 Å². The molecule has 0 radical (unpaired) electrons. The molecule has 2 heterocycles. The van der Waals surface area contributed by atoms with E-state index in [-0.39, 0.29) is 0 Å². The Morgan fingerprint density at radius 3 is 3.13 bits per heavy atom. The summed E-state index contributed by atoms with van der Waals surface area (Å²) in [6.45, 7) is 4.87. The lowest BCUT2D eigenvalue weighted by atomic mass is 10.2. The van der Waals surface area contributed by atoms with E-state index in [4.69, 9.17) is 4.52 Å². The molecule has 0 spiro atoms. The van der Waals surface area contributed by atoms with Gasteiger partial charge in [0.25, 0.3) is 0 Å². The van der Waals surface area contributed by atoms with E-state index >= 15 is 0 Å². The minimum atomic E-state index is 0.446. The maximum Gasteiger partial charge on any atom is 0.240 e. The zero-order valence-corrected chi connectivity index (χ0v) is 10.0. The van der Waals surface area contributed by atoms with Crippen molar-refractivity contribution in [1.29, 1.82) is 0 Å². The summed E-state index contributed by atoms with van der Waals surface area (Å²) < 4.78 is 5.19. The summed E-state index contributed by atoms with van der Waals surface area (Å²) in [5, 5.41) is 7.75. The van der Waals surface area contributed by atoms with Crippen molar-refractivity contribution in [1.82, 2.24) is 15.5 Å². The molecule has 1 saturated heterocycles. The Morgan fingerprint density at radius 2 is 2.47 bits per heavy atom. The van der Waals surface area contributed by atoms with Gasteiger partial charge in [0, 0.05) is 6.04 Å². The molecule has 0 bridgehead atoms. The van der Waals surface area contributed by atoms with Crippen molar-refractivity contribution in [2.24, 2.45) is 0 Å². The summed E-state index contributed by atoms with van der Waals surface area (Å²) in [5.74, 6) is 2.79. The summed E-state index contributed by atoms with van der Waals surface area (Å²) in [6.07, 6.45) is 2.45. The first-order valence-electron chi connectivity index (χ1n) is 5.43. The number of hydrogen-bond donors (Lipinski definition) is 1. The highest BCUT2D eigenvalue weighted by Crippen LogP contribution is 2.38. The van der Waals surface area contributed by atoms with E-state index in [1.54, 1.807) is 0 Å². The Bertz CT molecular complexity index is 307. The van der Waals surface area contributed by atoms with Crippen LogP contribution in [0.4, 0.5) is 0 Å². The van der Waals surface area contributed by atoms with Gasteiger partial charge in [0.05, 0.1) is 11.8 Å². The molecule has 1 fully saturated rings. The molecule has 15 heavy (non-hydrogen) atoms. The molecular weight excluding hydrogens is 210 g/mol. The number of rotatable bonds is 4. The van der Waals surface area contributed by atoms with E-state index in [0.717, 1.165) is 5.82 Å². The van der Waals surface area contributed by atoms with E-state index in [0.29, 0.717) is 23.7 Å². The third kappa shape index (κ3) is 2.95. The fourth-order valence-electron chi connectivity index (χ4n) is 1.54. The average molecular weight is 227 g/mol. The highest BCUT2D eigenvalue weighted by molar-refractivity contribution is 7.99. The highest BCUT2D eigenvalue weighted by Gasteiger charge is 2.22. The summed E-state index contributed by atoms with van der Waals surface area (Å²) in [5.41, 5.74) is 0. The molecule has 0 saturated carbocycles. The van der Waals surface area contributed by atoms with Crippen LogP contribution in [0.3, 0.4) is 0 Å². The molecule has 1 unspecified atom stereocenters. The van der Waals surface area contributed by atoms with Crippen LogP contribution in [0.25, 0.3) is 0 Å². The second-order valence-electron chi connectivity index (χ2n) is 4.08. The van der Waals surface area contributed by atoms with Crippen molar-refractivity contribution in [3.05, 3.63) is 11.7 Å². The van der Waals surface area contributed by atoms with Gasteiger partial charge in [0.15, 0.2) is 5.82 Å². The molecule has 1 aromatic heterocycles. The summed E-state index contributed by atoms with van der Waals surface area (Å²) >= 11 is 1.93. The van der Waals surface area contributed by atoms with Crippen LogP contribution >= 0.6 is 11.8 Å². The first-order chi connectivity index (χ1) is 7.25. The first kappa shape index (κ1) is 11.0. The topological polar surface area (TPSA) is 51.0 Å². The Hall–Kier alpha value is -0.550. The van der Waals surface area contributed by atoms with Gasteiger partial charge >= 0.3 is 0 Å². The first-order valence-corrected chi connectivity index (χ1v) is 6.48. The van der Waals surface area contributed by atoms with Gasteiger partial charge in [-0.15, -0.1) is 0 Å². The minimum Gasteiger partial charge on any atom is -0.338 e. The van der Waals surface area contributed by atoms with Crippen molar-refractivity contribution < 1.29 is 4.52 Å². The van der Waals surface area contributed by atoms with Gasteiger partial charge in [0.2, 0.25) is 5.89 Å². The van der Waals surface area contributed by atoms with Crippen LogP contribution in [0.1, 0.15) is 43.7 Å². The Morgan fingerprint density at radius 1 is 1.60 bits per heavy atom. The predicted octanol–water partition coefficient (Wildman–Crippen LogP) is 2.14. The normalized spacial score (nSPS) is 21.4. The molecule has 1 aromatic rings. The maximum atomic E-state index is 5.19. The molecule has 0 amide bonds. The lowest BCUT2D eigenvalue weighted by Gasteiger charge is -2.03. The monoisotopic (exact) mass is 227 g/mol. The van der Waals surface area contributed by atoms with Crippen molar-refractivity contribution in [2.75, 3.05) is 5.75 Å². The number of thioether (sulfide) groups is 1. The lowest BCUT2D eigenvalue weighted by molar-refractivity contribution is 0.357. The molecule has 1 aliphatic heterocycles. The predicted molar refractivity (Wildman–Crippen MR) is 60.7 cm³/mol. The molecule has 1 aliphatic rings. The number of nitrogens with zero attached hydrogens (tertiary/aromatic N) is 2.